The third kappa shape index (κ3) is 3.61. The maximum absolute atomic E-state index is 11.6. The molecule has 0 bridgehead atoms. The molecule has 0 unspecified atom stereocenters. The van der Waals surface area contributed by atoms with E-state index in [-0.39, 0.29) is 11.9 Å². The number of primary amides is 1. The minimum Gasteiger partial charge on any atom is -0.351 e. The zero-order chi connectivity index (χ0) is 12.1. The fourth-order valence-electron chi connectivity index (χ4n) is 1.19. The number of nitrogens with two attached hydrogens (primary N) is 1. The van der Waals surface area contributed by atoms with Crippen molar-refractivity contribution in [2.24, 2.45) is 5.73 Å². The lowest BCUT2D eigenvalue weighted by atomic mass is 10.2. The van der Waals surface area contributed by atoms with Crippen LogP contribution in [0.2, 0.25) is 0 Å². The molecule has 86 valence electrons. The molecule has 0 aliphatic heterocycles. The van der Waals surface area contributed by atoms with Crippen molar-refractivity contribution in [3.63, 3.8) is 0 Å². The van der Waals surface area contributed by atoms with E-state index in [1.807, 2.05) is 13.8 Å². The lowest BCUT2D eigenvalue weighted by Gasteiger charge is -2.08. The SMILES string of the molecule is CC(C)NC(=O)c1ccc(NC(N)=O)cc1. The van der Waals surface area contributed by atoms with E-state index >= 15 is 0 Å². The second-order valence-corrected chi connectivity index (χ2v) is 3.69. The normalized spacial score (nSPS) is 9.94. The molecule has 1 aromatic rings. The molecule has 0 heterocycles. The molecule has 0 aliphatic rings. The standard InChI is InChI=1S/C11H15N3O2/c1-7(2)13-10(15)8-3-5-9(6-4-8)14-11(12)16/h3-7H,1-2H3,(H,13,15)(H3,12,14,16). The summed E-state index contributed by atoms with van der Waals surface area (Å²) in [6, 6.07) is 5.97. The molecule has 0 fully saturated rings. The molecule has 4 N–H and O–H groups in total. The zero-order valence-electron chi connectivity index (χ0n) is 9.28. The van der Waals surface area contributed by atoms with Crippen molar-refractivity contribution in [3.05, 3.63) is 29.8 Å². The average Bonchev–Trinajstić information content (AvgIpc) is 2.16. The van der Waals surface area contributed by atoms with Gasteiger partial charge in [0.2, 0.25) is 0 Å². The number of carbonyl (C=O) groups is 2. The van der Waals surface area contributed by atoms with E-state index in [0.29, 0.717) is 11.3 Å². The fraction of sp³-hybridized carbons (Fsp3) is 0.273. The quantitative estimate of drug-likeness (QED) is 0.719. The lowest BCUT2D eigenvalue weighted by Crippen LogP contribution is -2.30. The molecule has 1 rings (SSSR count). The summed E-state index contributed by atoms with van der Waals surface area (Å²) < 4.78 is 0. The van der Waals surface area contributed by atoms with Gasteiger partial charge in [-0.1, -0.05) is 0 Å². The van der Waals surface area contributed by atoms with Gasteiger partial charge in [0, 0.05) is 17.3 Å². The maximum Gasteiger partial charge on any atom is 0.316 e. The van der Waals surface area contributed by atoms with Crippen LogP contribution in [-0.4, -0.2) is 18.0 Å². The largest absolute Gasteiger partial charge is 0.351 e. The minimum absolute atomic E-state index is 0.0934. The van der Waals surface area contributed by atoms with Gasteiger partial charge < -0.3 is 16.4 Å². The first kappa shape index (κ1) is 12.0. The van der Waals surface area contributed by atoms with Crippen LogP contribution in [0.25, 0.3) is 0 Å². The van der Waals surface area contributed by atoms with E-state index in [1.54, 1.807) is 24.3 Å². The van der Waals surface area contributed by atoms with Crippen LogP contribution < -0.4 is 16.4 Å². The molecule has 0 saturated carbocycles. The second-order valence-electron chi connectivity index (χ2n) is 3.69. The summed E-state index contributed by atoms with van der Waals surface area (Å²) in [6.45, 7) is 3.78. The molecule has 5 heteroatoms. The van der Waals surface area contributed by atoms with Gasteiger partial charge in [0.1, 0.15) is 0 Å². The van der Waals surface area contributed by atoms with E-state index < -0.39 is 6.03 Å². The summed E-state index contributed by atoms with van der Waals surface area (Å²) in [4.78, 5) is 22.1. The number of benzene rings is 1. The smallest absolute Gasteiger partial charge is 0.316 e. The highest BCUT2D eigenvalue weighted by molar-refractivity contribution is 5.95. The molecule has 3 amide bonds. The first-order valence-corrected chi connectivity index (χ1v) is 4.96. The molecule has 0 aliphatic carbocycles. The second kappa shape index (κ2) is 5.16. The molecule has 0 atom stereocenters. The van der Waals surface area contributed by atoms with E-state index in [0.717, 1.165) is 0 Å². The third-order valence-electron chi connectivity index (χ3n) is 1.83. The van der Waals surface area contributed by atoms with Gasteiger partial charge in [-0.25, -0.2) is 4.79 Å². The van der Waals surface area contributed by atoms with E-state index in [4.69, 9.17) is 5.73 Å². The van der Waals surface area contributed by atoms with Gasteiger partial charge in [0.05, 0.1) is 0 Å². The molecule has 1 aromatic carbocycles. The highest BCUT2D eigenvalue weighted by Gasteiger charge is 2.06. The summed E-state index contributed by atoms with van der Waals surface area (Å²) >= 11 is 0. The Labute approximate surface area is 94.0 Å². The van der Waals surface area contributed by atoms with E-state index in [2.05, 4.69) is 10.6 Å². The Bertz CT molecular complexity index is 385. The first-order chi connectivity index (χ1) is 7.49. The Morgan fingerprint density at radius 3 is 2.19 bits per heavy atom. The van der Waals surface area contributed by atoms with Crippen molar-refractivity contribution in [2.45, 2.75) is 19.9 Å². The van der Waals surface area contributed by atoms with Gasteiger partial charge in [0.15, 0.2) is 0 Å². The van der Waals surface area contributed by atoms with Crippen LogP contribution in [0.1, 0.15) is 24.2 Å². The van der Waals surface area contributed by atoms with E-state index in [9.17, 15) is 9.59 Å². The monoisotopic (exact) mass is 221 g/mol. The molecular formula is C11H15N3O2. The fourth-order valence-corrected chi connectivity index (χ4v) is 1.19. The van der Waals surface area contributed by atoms with Crippen LogP contribution in [0.15, 0.2) is 24.3 Å². The number of nitrogens with one attached hydrogen (secondary N) is 2. The van der Waals surface area contributed by atoms with Crippen molar-refractivity contribution in [2.75, 3.05) is 5.32 Å². The lowest BCUT2D eigenvalue weighted by molar-refractivity contribution is 0.0943. The van der Waals surface area contributed by atoms with Gasteiger partial charge in [0.25, 0.3) is 5.91 Å². The molecule has 0 saturated heterocycles. The predicted molar refractivity (Wildman–Crippen MR) is 62.3 cm³/mol. The Hall–Kier alpha value is -2.04. The molecule has 0 radical (unpaired) electrons. The Morgan fingerprint density at radius 2 is 1.75 bits per heavy atom. The summed E-state index contributed by atoms with van der Waals surface area (Å²) in [5, 5.41) is 5.19. The highest BCUT2D eigenvalue weighted by Crippen LogP contribution is 2.09. The third-order valence-corrected chi connectivity index (χ3v) is 1.83. The summed E-state index contributed by atoms with van der Waals surface area (Å²) in [5.41, 5.74) is 6.07. The number of hydrogen-bond donors (Lipinski definition) is 3. The van der Waals surface area contributed by atoms with Crippen LogP contribution in [0.5, 0.6) is 0 Å². The number of urea groups is 1. The summed E-state index contributed by atoms with van der Waals surface area (Å²) in [7, 11) is 0. The van der Waals surface area contributed by atoms with Gasteiger partial charge in [-0.2, -0.15) is 0 Å². The van der Waals surface area contributed by atoms with Crippen molar-refractivity contribution in [1.82, 2.24) is 5.32 Å². The summed E-state index contributed by atoms with van der Waals surface area (Å²) in [6.07, 6.45) is 0. The molecule has 0 aromatic heterocycles. The van der Waals surface area contributed by atoms with E-state index in [1.165, 1.54) is 0 Å². The average molecular weight is 221 g/mol. The van der Waals surface area contributed by atoms with Crippen molar-refractivity contribution >= 4 is 17.6 Å². The van der Waals surface area contributed by atoms with Gasteiger partial charge in [-0.15, -0.1) is 0 Å². The Morgan fingerprint density at radius 1 is 1.19 bits per heavy atom. The Kier molecular flexibility index (Phi) is 3.88. The number of carbonyl (C=O) groups excluding carboxylic acids is 2. The van der Waals surface area contributed by atoms with Crippen LogP contribution in [0.3, 0.4) is 0 Å². The van der Waals surface area contributed by atoms with Crippen LogP contribution in [-0.2, 0) is 0 Å². The molecule has 0 spiro atoms. The number of rotatable bonds is 3. The van der Waals surface area contributed by atoms with Crippen molar-refractivity contribution in [1.29, 1.82) is 0 Å². The molecule has 5 nitrogen and oxygen atoms in total. The maximum atomic E-state index is 11.6. The van der Waals surface area contributed by atoms with Crippen molar-refractivity contribution < 1.29 is 9.59 Å². The van der Waals surface area contributed by atoms with Crippen LogP contribution in [0, 0.1) is 0 Å². The van der Waals surface area contributed by atoms with Gasteiger partial charge in [-0.05, 0) is 38.1 Å². The highest BCUT2D eigenvalue weighted by atomic mass is 16.2. The number of amides is 3. The van der Waals surface area contributed by atoms with Crippen molar-refractivity contribution in [3.8, 4) is 0 Å². The van der Waals surface area contributed by atoms with Crippen LogP contribution >= 0.6 is 0 Å². The number of anilines is 1. The van der Waals surface area contributed by atoms with Crippen LogP contribution in [0.4, 0.5) is 10.5 Å². The first-order valence-electron chi connectivity index (χ1n) is 4.96. The van der Waals surface area contributed by atoms with Gasteiger partial charge >= 0.3 is 6.03 Å². The molecular weight excluding hydrogens is 206 g/mol. The van der Waals surface area contributed by atoms with Gasteiger partial charge in [-0.3, -0.25) is 4.79 Å². The number of hydrogen-bond acceptors (Lipinski definition) is 2. The Balaban J connectivity index is 2.71. The molecule has 16 heavy (non-hydrogen) atoms. The summed E-state index contributed by atoms with van der Waals surface area (Å²) in [5.74, 6) is -0.138. The minimum atomic E-state index is -0.626. The topological polar surface area (TPSA) is 84.2 Å². The predicted octanol–water partition coefficient (Wildman–Crippen LogP) is 1.32. The zero-order valence-corrected chi connectivity index (χ0v) is 9.28.